The van der Waals surface area contributed by atoms with E-state index in [1.165, 1.54) is 42.9 Å². The molecule has 3 aromatic rings. The van der Waals surface area contributed by atoms with Gasteiger partial charge < -0.3 is 26.5 Å². The predicted molar refractivity (Wildman–Crippen MR) is 159 cm³/mol. The van der Waals surface area contributed by atoms with E-state index < -0.39 is 35.8 Å². The molecule has 5 heterocycles. The number of nitrogens with zero attached hydrogens (tertiary/aromatic N) is 4. The van der Waals surface area contributed by atoms with Gasteiger partial charge in [0.2, 0.25) is 11.8 Å². The summed E-state index contributed by atoms with van der Waals surface area (Å²) in [7, 11) is -0.609. The summed E-state index contributed by atoms with van der Waals surface area (Å²) in [5.41, 5.74) is 15.1. The van der Waals surface area contributed by atoms with Crippen molar-refractivity contribution in [2.45, 2.75) is 51.7 Å². The Morgan fingerprint density at radius 3 is 1.67 bits per heavy atom. The van der Waals surface area contributed by atoms with E-state index in [1.54, 1.807) is 0 Å². The smallest absolute Gasteiger partial charge is 0.399 e. The number of anilines is 3. The summed E-state index contributed by atoms with van der Waals surface area (Å²) in [6.07, 6.45) is 5.06. The number of hydrogen-bond donors (Lipinski definition) is 3. The zero-order valence-corrected chi connectivity index (χ0v) is 26.2. The van der Waals surface area contributed by atoms with Gasteiger partial charge in [0, 0.05) is 41.4 Å². The molecule has 5 rings (SSSR count). The number of carbonyl (C=O) groups is 2. The normalized spacial score (nSPS) is 16.5. The number of nitrogens with two attached hydrogens (primary N) is 3. The molecule has 0 radical (unpaired) electrons. The topological polar surface area (TPSA) is 173 Å². The minimum absolute atomic E-state index is 0.0486. The van der Waals surface area contributed by atoms with Crippen molar-refractivity contribution in [3.63, 3.8) is 0 Å². The van der Waals surface area contributed by atoms with Crippen LogP contribution in [0.3, 0.4) is 0 Å². The van der Waals surface area contributed by atoms with Crippen molar-refractivity contribution in [1.29, 1.82) is 0 Å². The Hall–Kier alpha value is -3.28. The Bertz CT molecular complexity index is 1370. The molecule has 2 aliphatic heterocycles. The van der Waals surface area contributed by atoms with E-state index >= 15 is 0 Å². The molecular weight excluding hydrogens is 690 g/mol. The molecule has 17 heteroatoms. The highest BCUT2D eigenvalue weighted by molar-refractivity contribution is 9.10. The number of halogens is 5. The number of rotatable bonds is 1. The van der Waals surface area contributed by atoms with Gasteiger partial charge in [-0.25, -0.2) is 32.0 Å². The van der Waals surface area contributed by atoms with Crippen LogP contribution in [-0.2, 0) is 18.9 Å². The van der Waals surface area contributed by atoms with Gasteiger partial charge in [0.15, 0.2) is 34.9 Å². The molecular formula is C25H29BBr2F3N7O4. The summed E-state index contributed by atoms with van der Waals surface area (Å²) in [4.78, 5) is 31.7. The first-order valence-electron chi connectivity index (χ1n) is 12.2. The van der Waals surface area contributed by atoms with Gasteiger partial charge in [-0.3, -0.25) is 9.59 Å². The molecule has 0 aliphatic carbocycles. The van der Waals surface area contributed by atoms with Crippen LogP contribution in [0.1, 0.15) is 40.5 Å². The highest BCUT2D eigenvalue weighted by atomic mass is 79.9. The standard InChI is InChI=1S/C11H16BFN2O2.C5H4BrFN2.C5H5FN2.C4H4BrNO2/c1-10(2)11(3,4)17-12(16-10)7-5-8(13)9(14)15-6-7;6-3-1-4(7)5(8)9-2-3;6-4-2-1-3-8-5(4)7;5-6-3(7)1-2-4(6)8/h5-6H,1-4H3,(H2,14,15);1-2H,(H2,8,9);1-3H,(H2,7,8);1-2H2. The zero-order valence-electron chi connectivity index (χ0n) is 23.1. The second kappa shape index (κ2) is 14.8. The number of aromatic nitrogens is 3. The largest absolute Gasteiger partial charge is 0.496 e. The first kappa shape index (κ1) is 34.9. The number of amides is 2. The molecule has 0 spiro atoms. The van der Waals surface area contributed by atoms with Crippen molar-refractivity contribution in [3.8, 4) is 0 Å². The van der Waals surface area contributed by atoms with Gasteiger partial charge in [-0.2, -0.15) is 0 Å². The maximum atomic E-state index is 13.3. The van der Waals surface area contributed by atoms with E-state index in [-0.39, 0.29) is 29.3 Å². The quantitative estimate of drug-likeness (QED) is 0.190. The summed E-state index contributed by atoms with van der Waals surface area (Å²) in [5.74, 6) is -2.05. The van der Waals surface area contributed by atoms with Crippen LogP contribution in [0.4, 0.5) is 30.6 Å². The zero-order chi connectivity index (χ0) is 31.8. The SMILES string of the molecule is CC1(C)OB(c2cnc(N)c(F)c2)OC1(C)C.Nc1ncc(Br)cc1F.Nc1ncccc1F.O=C1CCC(=O)N1Br. The van der Waals surface area contributed by atoms with E-state index in [1.807, 2.05) is 27.7 Å². The van der Waals surface area contributed by atoms with Crippen LogP contribution in [0, 0.1) is 17.5 Å². The van der Waals surface area contributed by atoms with Crippen molar-refractivity contribution in [2.24, 2.45) is 0 Å². The molecule has 0 saturated carbocycles. The predicted octanol–water partition coefficient (Wildman–Crippen LogP) is 3.92. The number of hydrogen-bond acceptors (Lipinski definition) is 10. The summed E-state index contributed by atoms with van der Waals surface area (Å²) in [6, 6.07) is 5.32. The summed E-state index contributed by atoms with van der Waals surface area (Å²) < 4.78 is 50.9. The van der Waals surface area contributed by atoms with Crippen LogP contribution in [0.2, 0.25) is 0 Å². The van der Waals surface area contributed by atoms with Crippen LogP contribution in [0.5, 0.6) is 0 Å². The Balaban J connectivity index is 0.000000210. The minimum Gasteiger partial charge on any atom is -0.399 e. The molecule has 2 aliphatic rings. The summed E-state index contributed by atoms with van der Waals surface area (Å²) in [6.45, 7) is 7.75. The van der Waals surface area contributed by atoms with E-state index in [0.29, 0.717) is 22.8 Å². The third-order valence-electron chi connectivity index (χ3n) is 6.03. The van der Waals surface area contributed by atoms with Crippen molar-refractivity contribution >= 4 is 73.9 Å². The molecule has 3 aromatic heterocycles. The molecule has 11 nitrogen and oxygen atoms in total. The van der Waals surface area contributed by atoms with E-state index in [0.717, 1.165) is 3.93 Å². The fourth-order valence-electron chi connectivity index (χ4n) is 2.94. The average Bonchev–Trinajstić information content (AvgIpc) is 3.33. The molecule has 0 unspecified atom stereocenters. The minimum atomic E-state index is -0.609. The summed E-state index contributed by atoms with van der Waals surface area (Å²) in [5, 5.41) is 0. The number of imide groups is 1. The van der Waals surface area contributed by atoms with Crippen LogP contribution >= 0.6 is 32.1 Å². The maximum absolute atomic E-state index is 13.3. The number of pyridine rings is 3. The van der Waals surface area contributed by atoms with Crippen molar-refractivity contribution in [2.75, 3.05) is 17.2 Å². The van der Waals surface area contributed by atoms with Gasteiger partial charge in [0.05, 0.1) is 27.3 Å². The van der Waals surface area contributed by atoms with Crippen molar-refractivity contribution in [3.05, 3.63) is 64.8 Å². The lowest BCUT2D eigenvalue weighted by Crippen LogP contribution is -2.41. The second-order valence-corrected chi connectivity index (χ2v) is 11.3. The lowest BCUT2D eigenvalue weighted by Gasteiger charge is -2.32. The monoisotopic (exact) mass is 717 g/mol. The van der Waals surface area contributed by atoms with E-state index in [9.17, 15) is 22.8 Å². The number of carbonyl (C=O) groups excluding carboxylic acids is 2. The van der Waals surface area contributed by atoms with Gasteiger partial charge in [0.1, 0.15) is 0 Å². The maximum Gasteiger partial charge on any atom is 0.496 e. The first-order chi connectivity index (χ1) is 19.4. The molecule has 6 N–H and O–H groups in total. The third-order valence-corrected chi connectivity index (χ3v) is 7.25. The van der Waals surface area contributed by atoms with Gasteiger partial charge in [-0.15, -0.1) is 0 Å². The molecule has 2 saturated heterocycles. The fourth-order valence-corrected chi connectivity index (χ4v) is 3.60. The highest BCUT2D eigenvalue weighted by Crippen LogP contribution is 2.36. The Labute approximate surface area is 258 Å². The molecule has 0 aromatic carbocycles. The fraction of sp³-hybridized carbons (Fsp3) is 0.320. The summed E-state index contributed by atoms with van der Waals surface area (Å²) >= 11 is 5.84. The van der Waals surface area contributed by atoms with Gasteiger partial charge in [0.25, 0.3) is 0 Å². The lowest BCUT2D eigenvalue weighted by molar-refractivity contribution is -0.131. The third kappa shape index (κ3) is 9.64. The Morgan fingerprint density at radius 1 is 0.833 bits per heavy atom. The Kier molecular flexibility index (Phi) is 12.3. The highest BCUT2D eigenvalue weighted by Gasteiger charge is 2.51. The molecule has 0 atom stereocenters. The Morgan fingerprint density at radius 2 is 1.31 bits per heavy atom. The van der Waals surface area contributed by atoms with Crippen LogP contribution in [0.25, 0.3) is 0 Å². The molecule has 2 fully saturated rings. The van der Waals surface area contributed by atoms with Gasteiger partial charge in [-0.05, 0) is 67.9 Å². The lowest BCUT2D eigenvalue weighted by atomic mass is 9.80. The molecule has 0 bridgehead atoms. The molecule has 42 heavy (non-hydrogen) atoms. The van der Waals surface area contributed by atoms with Crippen molar-refractivity contribution < 1.29 is 32.1 Å². The number of nitrogen functional groups attached to an aromatic ring is 3. The van der Waals surface area contributed by atoms with E-state index in [2.05, 4.69) is 47.0 Å². The van der Waals surface area contributed by atoms with Crippen molar-refractivity contribution in [1.82, 2.24) is 18.9 Å². The van der Waals surface area contributed by atoms with Gasteiger partial charge >= 0.3 is 7.12 Å². The van der Waals surface area contributed by atoms with Crippen LogP contribution in [-0.4, -0.2) is 49.0 Å². The van der Waals surface area contributed by atoms with Gasteiger partial charge in [-0.1, -0.05) is 0 Å². The second-order valence-electron chi connectivity index (χ2n) is 9.68. The molecule has 226 valence electrons. The molecule has 2 amide bonds. The first-order valence-corrected chi connectivity index (χ1v) is 13.7. The van der Waals surface area contributed by atoms with E-state index in [4.69, 9.17) is 26.5 Å². The van der Waals surface area contributed by atoms with Crippen LogP contribution < -0.4 is 22.7 Å². The van der Waals surface area contributed by atoms with Crippen LogP contribution in [0.15, 0.2) is 47.3 Å². The average molecular weight is 719 g/mol.